The molecule has 3 nitrogen and oxygen atoms in total. The number of ether oxygens (including phenoxy) is 1. The number of amides is 1. The fourth-order valence-corrected chi connectivity index (χ4v) is 1.53. The summed E-state index contributed by atoms with van der Waals surface area (Å²) < 4.78 is 18.5. The molecule has 5 heteroatoms. The Labute approximate surface area is 108 Å². The summed E-state index contributed by atoms with van der Waals surface area (Å²) in [4.78, 5) is 11.5. The van der Waals surface area contributed by atoms with E-state index >= 15 is 0 Å². The van der Waals surface area contributed by atoms with Gasteiger partial charge in [0.05, 0.1) is 4.47 Å². The topological polar surface area (TPSA) is 38.3 Å². The quantitative estimate of drug-likeness (QED) is 0.932. The van der Waals surface area contributed by atoms with Crippen LogP contribution in [0.4, 0.5) is 4.39 Å². The summed E-state index contributed by atoms with van der Waals surface area (Å²) in [6, 6.07) is 4.24. The predicted octanol–water partition coefficient (Wildman–Crippen LogP) is 2.88. The first-order valence-corrected chi connectivity index (χ1v) is 5.96. The Hall–Kier alpha value is -1.10. The van der Waals surface area contributed by atoms with E-state index in [-0.39, 0.29) is 23.9 Å². The number of benzene rings is 1. The zero-order chi connectivity index (χ0) is 13.1. The second-order valence-electron chi connectivity index (χ2n) is 4.66. The summed E-state index contributed by atoms with van der Waals surface area (Å²) in [6.07, 6.45) is 0. The van der Waals surface area contributed by atoms with E-state index in [0.717, 1.165) is 0 Å². The van der Waals surface area contributed by atoms with Crippen molar-refractivity contribution in [3.8, 4) is 5.75 Å². The first-order chi connectivity index (χ1) is 7.78. The Morgan fingerprint density at radius 3 is 2.65 bits per heavy atom. The molecule has 0 spiro atoms. The van der Waals surface area contributed by atoms with E-state index in [9.17, 15) is 9.18 Å². The lowest BCUT2D eigenvalue weighted by atomic mass is 10.1. The first-order valence-electron chi connectivity index (χ1n) is 5.17. The smallest absolute Gasteiger partial charge is 0.258 e. The number of nitrogens with one attached hydrogen (secondary N) is 1. The SMILES string of the molecule is CC(C)(C)NC(=O)COc1ccc(F)c(Br)c1. The van der Waals surface area contributed by atoms with Gasteiger partial charge in [-0.2, -0.15) is 0 Å². The van der Waals surface area contributed by atoms with Gasteiger partial charge in [-0.3, -0.25) is 4.79 Å². The van der Waals surface area contributed by atoms with E-state index in [2.05, 4.69) is 21.2 Å². The Balaban J connectivity index is 2.50. The lowest BCUT2D eigenvalue weighted by molar-refractivity contribution is -0.124. The monoisotopic (exact) mass is 303 g/mol. The lowest BCUT2D eigenvalue weighted by Gasteiger charge is -2.20. The molecular weight excluding hydrogens is 289 g/mol. The number of hydrogen-bond acceptors (Lipinski definition) is 2. The van der Waals surface area contributed by atoms with Crippen LogP contribution in [0.3, 0.4) is 0 Å². The lowest BCUT2D eigenvalue weighted by Crippen LogP contribution is -2.43. The minimum atomic E-state index is -0.364. The number of carbonyl (C=O) groups is 1. The van der Waals surface area contributed by atoms with Crippen LogP contribution in [0.25, 0.3) is 0 Å². The van der Waals surface area contributed by atoms with Gasteiger partial charge in [-0.05, 0) is 54.9 Å². The van der Waals surface area contributed by atoms with Crippen molar-refractivity contribution >= 4 is 21.8 Å². The molecule has 0 bridgehead atoms. The Bertz CT molecular complexity index is 415. The largest absolute Gasteiger partial charge is 0.484 e. The van der Waals surface area contributed by atoms with Crippen molar-refractivity contribution in [3.63, 3.8) is 0 Å². The highest BCUT2D eigenvalue weighted by atomic mass is 79.9. The highest BCUT2D eigenvalue weighted by Crippen LogP contribution is 2.21. The van der Waals surface area contributed by atoms with E-state index in [1.807, 2.05) is 20.8 Å². The van der Waals surface area contributed by atoms with Crippen LogP contribution < -0.4 is 10.1 Å². The molecule has 0 aliphatic heterocycles. The van der Waals surface area contributed by atoms with E-state index < -0.39 is 0 Å². The Morgan fingerprint density at radius 1 is 1.47 bits per heavy atom. The van der Waals surface area contributed by atoms with Crippen molar-refractivity contribution in [2.24, 2.45) is 0 Å². The average molecular weight is 304 g/mol. The molecule has 0 heterocycles. The van der Waals surface area contributed by atoms with Crippen LogP contribution in [-0.2, 0) is 4.79 Å². The predicted molar refractivity (Wildman–Crippen MR) is 67.5 cm³/mol. The van der Waals surface area contributed by atoms with Gasteiger partial charge in [0.1, 0.15) is 11.6 Å². The van der Waals surface area contributed by atoms with Crippen LogP contribution in [0.1, 0.15) is 20.8 Å². The molecule has 0 aliphatic rings. The molecule has 94 valence electrons. The maximum Gasteiger partial charge on any atom is 0.258 e. The second kappa shape index (κ2) is 5.49. The molecule has 1 aromatic carbocycles. The number of rotatable bonds is 3. The van der Waals surface area contributed by atoms with E-state index in [0.29, 0.717) is 10.2 Å². The second-order valence-corrected chi connectivity index (χ2v) is 5.52. The standard InChI is InChI=1S/C12H15BrFNO2/c1-12(2,3)15-11(16)7-17-8-4-5-10(14)9(13)6-8/h4-6H,7H2,1-3H3,(H,15,16). The van der Waals surface area contributed by atoms with Gasteiger partial charge in [-0.15, -0.1) is 0 Å². The molecule has 0 radical (unpaired) electrons. The summed E-state index contributed by atoms with van der Waals surface area (Å²) in [5, 5.41) is 2.77. The maximum atomic E-state index is 12.9. The molecular formula is C12H15BrFNO2. The minimum Gasteiger partial charge on any atom is -0.484 e. The molecule has 0 fully saturated rings. The third-order valence-corrected chi connectivity index (χ3v) is 2.38. The number of hydrogen-bond donors (Lipinski definition) is 1. The Kier molecular flexibility index (Phi) is 4.51. The van der Waals surface area contributed by atoms with Gasteiger partial charge in [0.25, 0.3) is 5.91 Å². The summed E-state index contributed by atoms with van der Waals surface area (Å²) in [6.45, 7) is 5.58. The number of carbonyl (C=O) groups excluding carboxylic acids is 1. The maximum absolute atomic E-state index is 12.9. The zero-order valence-electron chi connectivity index (χ0n) is 10.0. The Morgan fingerprint density at radius 2 is 2.12 bits per heavy atom. The van der Waals surface area contributed by atoms with E-state index in [1.54, 1.807) is 0 Å². The van der Waals surface area contributed by atoms with Crippen molar-refractivity contribution in [2.45, 2.75) is 26.3 Å². The molecule has 0 saturated heterocycles. The van der Waals surface area contributed by atoms with Gasteiger partial charge in [0, 0.05) is 5.54 Å². The molecule has 1 amide bonds. The van der Waals surface area contributed by atoms with Crippen LogP contribution in [-0.4, -0.2) is 18.1 Å². The van der Waals surface area contributed by atoms with Gasteiger partial charge in [-0.25, -0.2) is 4.39 Å². The van der Waals surface area contributed by atoms with Crippen LogP contribution in [0.5, 0.6) is 5.75 Å². The van der Waals surface area contributed by atoms with Gasteiger partial charge >= 0.3 is 0 Å². The summed E-state index contributed by atoms with van der Waals surface area (Å²) in [7, 11) is 0. The molecule has 0 unspecified atom stereocenters. The van der Waals surface area contributed by atoms with Gasteiger partial charge in [-0.1, -0.05) is 0 Å². The minimum absolute atomic E-state index is 0.0880. The molecule has 17 heavy (non-hydrogen) atoms. The van der Waals surface area contributed by atoms with Crippen LogP contribution in [0.15, 0.2) is 22.7 Å². The molecule has 0 aliphatic carbocycles. The summed E-state index contributed by atoms with van der Waals surface area (Å²) in [5.41, 5.74) is -0.288. The molecule has 1 N–H and O–H groups in total. The normalized spacial score (nSPS) is 11.1. The van der Waals surface area contributed by atoms with E-state index in [1.165, 1.54) is 18.2 Å². The van der Waals surface area contributed by atoms with Crippen molar-refractivity contribution in [2.75, 3.05) is 6.61 Å². The van der Waals surface area contributed by atoms with Crippen LogP contribution >= 0.6 is 15.9 Å². The fraction of sp³-hybridized carbons (Fsp3) is 0.417. The third kappa shape index (κ3) is 5.17. The van der Waals surface area contributed by atoms with Gasteiger partial charge < -0.3 is 10.1 Å². The van der Waals surface area contributed by atoms with Crippen molar-refractivity contribution in [1.29, 1.82) is 0 Å². The van der Waals surface area contributed by atoms with Crippen LogP contribution in [0.2, 0.25) is 0 Å². The molecule has 0 atom stereocenters. The summed E-state index contributed by atoms with van der Waals surface area (Å²) in [5.74, 6) is -0.128. The molecule has 1 aromatic rings. The zero-order valence-corrected chi connectivity index (χ0v) is 11.6. The van der Waals surface area contributed by atoms with Crippen molar-refractivity contribution in [1.82, 2.24) is 5.32 Å². The highest BCUT2D eigenvalue weighted by molar-refractivity contribution is 9.10. The molecule has 0 aromatic heterocycles. The highest BCUT2D eigenvalue weighted by Gasteiger charge is 2.14. The third-order valence-electron chi connectivity index (χ3n) is 1.78. The van der Waals surface area contributed by atoms with Gasteiger partial charge in [0.2, 0.25) is 0 Å². The first kappa shape index (κ1) is 14.0. The molecule has 1 rings (SSSR count). The van der Waals surface area contributed by atoms with Crippen LogP contribution in [0, 0.1) is 5.82 Å². The summed E-state index contributed by atoms with van der Waals surface area (Å²) >= 11 is 3.05. The number of halogens is 2. The molecule has 0 saturated carbocycles. The van der Waals surface area contributed by atoms with Crippen molar-refractivity contribution < 1.29 is 13.9 Å². The van der Waals surface area contributed by atoms with E-state index in [4.69, 9.17) is 4.74 Å². The fourth-order valence-electron chi connectivity index (χ4n) is 1.17. The van der Waals surface area contributed by atoms with Gasteiger partial charge in [0.15, 0.2) is 6.61 Å². The average Bonchev–Trinajstić information content (AvgIpc) is 2.17. The van der Waals surface area contributed by atoms with Crippen molar-refractivity contribution in [3.05, 3.63) is 28.5 Å².